The summed E-state index contributed by atoms with van der Waals surface area (Å²) in [6, 6.07) is 0. The second-order valence-electron chi connectivity index (χ2n) is 5.71. The summed E-state index contributed by atoms with van der Waals surface area (Å²) in [5.74, 6) is 0. The summed E-state index contributed by atoms with van der Waals surface area (Å²) < 4.78 is 69.8. The molecule has 5 atom stereocenters. The van der Waals surface area contributed by atoms with Crippen LogP contribution in [0.1, 0.15) is 13.3 Å². The van der Waals surface area contributed by atoms with Crippen LogP contribution in [0.25, 0.3) is 0 Å². The molecule has 0 aromatic carbocycles. The predicted octanol–water partition coefficient (Wildman–Crippen LogP) is -30.3. The molecule has 0 aromatic rings. The van der Waals surface area contributed by atoms with Gasteiger partial charge in [0.25, 0.3) is 0 Å². The fourth-order valence-corrected chi connectivity index (χ4v) is 4.29. The molecule has 30 heteroatoms. The molecule has 186 valence electrons. The zero-order chi connectivity index (χ0) is 24.3. The van der Waals surface area contributed by atoms with Gasteiger partial charge in [-0.15, -0.1) is 0 Å². The molecule has 39 heavy (non-hydrogen) atoms. The van der Waals surface area contributed by atoms with Gasteiger partial charge >= 0.3 is 236 Å². The van der Waals surface area contributed by atoms with E-state index in [1.807, 2.05) is 0 Å². The molecule has 0 N–H and O–H groups in total. The molecular weight excluding hydrogens is 704 g/mol. The van der Waals surface area contributed by atoms with Gasteiger partial charge in [-0.3, -0.25) is 0 Å². The van der Waals surface area contributed by atoms with Crippen molar-refractivity contribution in [3.8, 4) is 0 Å². The SMILES string of the molecule is CCCO[C@@H]1O[C@H](COP(=O)([O-])[O-])[C@H](OP(=O)([O-])[O-])[C@H](OP(=O)([O-])[O-])[C@H]1OP(=O)([O-])[O-].[Na+].[Na+].[Na+].[Na+].[Na+].[Na+].[Na+].[Na+]. The van der Waals surface area contributed by atoms with E-state index in [2.05, 4.69) is 18.1 Å². The van der Waals surface area contributed by atoms with Crippen LogP contribution >= 0.6 is 31.3 Å². The van der Waals surface area contributed by atoms with Gasteiger partial charge in [0, 0.05) is 6.61 Å². The van der Waals surface area contributed by atoms with Crippen LogP contribution in [-0.2, 0) is 45.8 Å². The molecule has 0 aromatic heterocycles. The average Bonchev–Trinajstić information content (AvgIpc) is 2.51. The van der Waals surface area contributed by atoms with Gasteiger partial charge in [-0.05, 0) is 6.42 Å². The van der Waals surface area contributed by atoms with E-state index in [-0.39, 0.29) is 249 Å². The minimum absolute atomic E-state index is 0. The van der Waals surface area contributed by atoms with Gasteiger partial charge in [0.15, 0.2) is 6.29 Å². The average molecular weight is 718 g/mol. The van der Waals surface area contributed by atoms with Crippen molar-refractivity contribution < 1.29 is 321 Å². The Morgan fingerprint density at radius 2 is 0.949 bits per heavy atom. The van der Waals surface area contributed by atoms with Gasteiger partial charge in [-0.25, -0.2) is 0 Å². The minimum Gasteiger partial charge on any atom is -0.790 e. The summed E-state index contributed by atoms with van der Waals surface area (Å²) in [7, 11) is -24.1. The van der Waals surface area contributed by atoms with Crippen molar-refractivity contribution in [2.75, 3.05) is 13.2 Å². The van der Waals surface area contributed by atoms with Gasteiger partial charge in [-0.1, -0.05) is 6.92 Å². The molecule has 1 aliphatic rings. The minimum atomic E-state index is -6.15. The van der Waals surface area contributed by atoms with Gasteiger partial charge in [0.05, 0.1) is 37.9 Å². The first-order valence-electron chi connectivity index (χ1n) is 7.86. The van der Waals surface area contributed by atoms with E-state index in [4.69, 9.17) is 9.47 Å². The second kappa shape index (κ2) is 30.0. The van der Waals surface area contributed by atoms with E-state index in [0.29, 0.717) is 0 Å². The Balaban J connectivity index is -0.000000200. The molecule has 18 nitrogen and oxygen atoms in total. The first-order chi connectivity index (χ1) is 13.8. The zero-order valence-corrected chi connectivity index (χ0v) is 42.7. The Labute approximate surface area is 401 Å². The van der Waals surface area contributed by atoms with Gasteiger partial charge in [-0.2, -0.15) is 0 Å². The maximum absolute atomic E-state index is 11.1. The zero-order valence-electron chi connectivity index (χ0n) is 23.1. The third kappa shape index (κ3) is 32.0. The maximum atomic E-state index is 11.1. The summed E-state index contributed by atoms with van der Waals surface area (Å²) in [5.41, 5.74) is 0. The van der Waals surface area contributed by atoms with Crippen molar-refractivity contribution in [3.63, 3.8) is 0 Å². The van der Waals surface area contributed by atoms with Crippen LogP contribution in [0.2, 0.25) is 0 Å². The summed E-state index contributed by atoms with van der Waals surface area (Å²) in [6.07, 6.45) is -12.0. The first-order valence-corrected chi connectivity index (χ1v) is 13.7. The largest absolute Gasteiger partial charge is 1.00 e. The molecule has 0 amide bonds. The van der Waals surface area contributed by atoms with Crippen LogP contribution in [-0.4, -0.2) is 43.9 Å². The molecule has 1 aliphatic heterocycles. The van der Waals surface area contributed by atoms with E-state index in [1.54, 1.807) is 0 Å². The molecule has 1 heterocycles. The number of ether oxygens (including phenoxy) is 2. The molecule has 1 saturated heterocycles. The van der Waals surface area contributed by atoms with E-state index in [9.17, 15) is 57.4 Å². The van der Waals surface area contributed by atoms with Gasteiger partial charge < -0.3 is 85.0 Å². The van der Waals surface area contributed by atoms with E-state index < -0.39 is 68.6 Å². The molecule has 0 aliphatic carbocycles. The third-order valence-corrected chi connectivity index (χ3v) is 5.20. The van der Waals surface area contributed by atoms with Crippen LogP contribution in [0.4, 0.5) is 0 Å². The quantitative estimate of drug-likeness (QED) is 0.134. The summed E-state index contributed by atoms with van der Waals surface area (Å²) in [5, 5.41) is 0. The molecule has 0 saturated carbocycles. The third-order valence-electron chi connectivity index (χ3n) is 3.23. The maximum Gasteiger partial charge on any atom is 1.00 e. The van der Waals surface area contributed by atoms with Crippen LogP contribution in [0.3, 0.4) is 0 Å². The van der Waals surface area contributed by atoms with Gasteiger partial charge in [0.2, 0.25) is 0 Å². The summed E-state index contributed by atoms with van der Waals surface area (Å²) >= 11 is 0. The normalized spacial score (nSPS) is 22.7. The second-order valence-corrected chi connectivity index (χ2v) is 10.2. The number of hydrogen-bond acceptors (Lipinski definition) is 18. The summed E-state index contributed by atoms with van der Waals surface area (Å²) in [6.45, 7) is -0.207. The standard InChI is InChI=1S/C9H22O18P4.8Na/c1-2-3-22-9-8(27-31(19,20)21)7(26-30(16,17)18)6(25-29(13,14)15)5(24-9)4-23-28(10,11)12;;;;;;;;/h5-9H,2-4H2,1H3,(H2,10,11,12)(H2,13,14,15)(H2,16,17,18)(H2,19,20,21);;;;;;;;/q;8*+1/p-8/t5-,6+,7+,8-,9-;;;;;;;;/m1......../s1. The fourth-order valence-electron chi connectivity index (χ4n) is 2.35. The van der Waals surface area contributed by atoms with E-state index in [1.165, 1.54) is 6.92 Å². The molecule has 0 spiro atoms. The number of rotatable bonds is 12. The number of hydrogen-bond donors (Lipinski definition) is 0. The number of phosphoric ester groups is 4. The molecule has 1 fully saturated rings. The number of phosphoric acid groups is 4. The molecule has 0 radical (unpaired) electrons. The van der Waals surface area contributed by atoms with Crippen molar-refractivity contribution in [1.82, 2.24) is 0 Å². The van der Waals surface area contributed by atoms with Crippen molar-refractivity contribution in [1.29, 1.82) is 0 Å². The molecule has 0 unspecified atom stereocenters. The Kier molecular flexibility index (Phi) is 50.6. The predicted molar refractivity (Wildman–Crippen MR) is 75.9 cm³/mol. The topological polar surface area (TPSA) is 308 Å². The monoisotopic (exact) mass is 718 g/mol. The van der Waals surface area contributed by atoms with Crippen molar-refractivity contribution in [2.24, 2.45) is 0 Å². The Bertz CT molecular complexity index is 791. The van der Waals surface area contributed by atoms with Crippen molar-refractivity contribution >= 4 is 31.3 Å². The Morgan fingerprint density at radius 1 is 0.590 bits per heavy atom. The molecule has 1 rings (SSSR count). The Morgan fingerprint density at radius 3 is 1.28 bits per heavy atom. The molecule has 0 bridgehead atoms. The van der Waals surface area contributed by atoms with E-state index in [0.717, 1.165) is 0 Å². The molecular formula is C9H14Na8O18P4. The van der Waals surface area contributed by atoms with Gasteiger partial charge in [0.1, 0.15) is 24.4 Å². The fraction of sp³-hybridized carbons (Fsp3) is 1.00. The first kappa shape index (κ1) is 65.7. The van der Waals surface area contributed by atoms with Crippen LogP contribution in [0, 0.1) is 0 Å². The van der Waals surface area contributed by atoms with Crippen molar-refractivity contribution in [3.05, 3.63) is 0 Å². The summed E-state index contributed by atoms with van der Waals surface area (Å²) in [4.78, 5) is 87.8. The van der Waals surface area contributed by atoms with Crippen molar-refractivity contribution in [2.45, 2.75) is 44.1 Å². The Hall–Kier alpha value is 8.36. The van der Waals surface area contributed by atoms with Crippen LogP contribution in [0.15, 0.2) is 0 Å². The van der Waals surface area contributed by atoms with Crippen LogP contribution < -0.4 is 276 Å². The smallest absolute Gasteiger partial charge is 0.790 e. The van der Waals surface area contributed by atoms with Crippen LogP contribution in [0.5, 0.6) is 0 Å². The van der Waals surface area contributed by atoms with E-state index >= 15 is 0 Å².